The van der Waals surface area contributed by atoms with E-state index in [2.05, 4.69) is 0 Å². The normalized spacial score (nSPS) is 12.0. The van der Waals surface area contributed by atoms with Crippen molar-refractivity contribution in [3.8, 4) is 0 Å². The highest BCUT2D eigenvalue weighted by Gasteiger charge is 2.28. The zero-order valence-electron chi connectivity index (χ0n) is 12.9. The van der Waals surface area contributed by atoms with Gasteiger partial charge in [-0.2, -0.15) is 4.31 Å². The minimum atomic E-state index is -4.28. The molecule has 0 heterocycles. The van der Waals surface area contributed by atoms with Gasteiger partial charge in [0, 0.05) is 13.6 Å². The van der Waals surface area contributed by atoms with E-state index >= 15 is 0 Å². The van der Waals surface area contributed by atoms with E-state index in [9.17, 15) is 21.6 Å². The molecule has 0 aliphatic heterocycles. The Morgan fingerprint density at radius 3 is 2.26 bits per heavy atom. The fourth-order valence-electron chi connectivity index (χ4n) is 2.22. The van der Waals surface area contributed by atoms with E-state index in [-0.39, 0.29) is 6.54 Å². The molecule has 0 aromatic heterocycles. The highest BCUT2D eigenvalue weighted by Crippen LogP contribution is 2.24. The van der Waals surface area contributed by atoms with Gasteiger partial charge >= 0.3 is 0 Å². The van der Waals surface area contributed by atoms with Crippen LogP contribution in [0.1, 0.15) is 16.7 Å². The van der Waals surface area contributed by atoms with Crippen LogP contribution in [0.5, 0.6) is 0 Å². The third-order valence-corrected chi connectivity index (χ3v) is 5.40. The highest BCUT2D eigenvalue weighted by atomic mass is 32.2. The molecule has 0 aliphatic carbocycles. The molecular weight excluding hydrogens is 327 g/mol. The summed E-state index contributed by atoms with van der Waals surface area (Å²) in [5, 5.41) is 0. The van der Waals surface area contributed by atoms with Gasteiger partial charge in [-0.05, 0) is 37.1 Å². The van der Waals surface area contributed by atoms with Crippen LogP contribution in [0.3, 0.4) is 0 Å². The van der Waals surface area contributed by atoms with Crippen molar-refractivity contribution in [2.24, 2.45) is 0 Å². The molecule has 3 nitrogen and oxygen atoms in total. The molecule has 0 unspecified atom stereocenters. The second kappa shape index (κ2) is 6.33. The predicted molar refractivity (Wildman–Crippen MR) is 80.9 cm³/mol. The quantitative estimate of drug-likeness (QED) is 0.797. The Bertz CT molecular complexity index is 851. The fourth-order valence-corrected chi connectivity index (χ4v) is 3.42. The summed E-state index contributed by atoms with van der Waals surface area (Å²) in [6.07, 6.45) is 0. The van der Waals surface area contributed by atoms with E-state index < -0.39 is 32.4 Å². The zero-order valence-corrected chi connectivity index (χ0v) is 13.7. The van der Waals surface area contributed by atoms with E-state index in [0.29, 0.717) is 6.07 Å². The average molecular weight is 343 g/mol. The smallest absolute Gasteiger partial charge is 0.207 e. The van der Waals surface area contributed by atoms with Crippen LogP contribution in [0.4, 0.5) is 13.2 Å². The van der Waals surface area contributed by atoms with Gasteiger partial charge in [-0.1, -0.05) is 23.8 Å². The number of halogens is 3. The molecule has 0 fully saturated rings. The van der Waals surface area contributed by atoms with Crippen molar-refractivity contribution in [1.82, 2.24) is 4.31 Å². The number of nitrogens with zero attached hydrogens (tertiary/aromatic N) is 1. The number of sulfonamides is 1. The molecule has 7 heteroatoms. The maximum Gasteiger partial charge on any atom is 0.246 e. The Kier molecular flexibility index (Phi) is 4.81. The van der Waals surface area contributed by atoms with Crippen molar-refractivity contribution >= 4 is 10.0 Å². The van der Waals surface area contributed by atoms with Crippen LogP contribution in [0, 0.1) is 31.3 Å². The van der Waals surface area contributed by atoms with Crippen LogP contribution < -0.4 is 0 Å². The second-order valence-electron chi connectivity index (χ2n) is 5.36. The Labute approximate surface area is 133 Å². The van der Waals surface area contributed by atoms with E-state index in [0.717, 1.165) is 27.1 Å². The lowest BCUT2D eigenvalue weighted by Gasteiger charge is -2.19. The van der Waals surface area contributed by atoms with Gasteiger partial charge in [0.1, 0.15) is 4.90 Å². The zero-order chi connectivity index (χ0) is 17.4. The van der Waals surface area contributed by atoms with Crippen LogP contribution in [-0.4, -0.2) is 19.8 Å². The third kappa shape index (κ3) is 3.40. The Morgan fingerprint density at radius 1 is 1.00 bits per heavy atom. The molecule has 0 N–H and O–H groups in total. The van der Waals surface area contributed by atoms with E-state index in [1.807, 2.05) is 26.0 Å². The molecule has 2 aromatic carbocycles. The summed E-state index contributed by atoms with van der Waals surface area (Å²) in [5.74, 6) is -4.94. The first-order chi connectivity index (χ1) is 10.6. The number of hydrogen-bond donors (Lipinski definition) is 0. The summed E-state index contributed by atoms with van der Waals surface area (Å²) in [6, 6.07) is 6.82. The van der Waals surface area contributed by atoms with Gasteiger partial charge in [-0.3, -0.25) is 0 Å². The average Bonchev–Trinajstić information content (AvgIpc) is 2.47. The molecule has 0 spiro atoms. The van der Waals surface area contributed by atoms with Crippen LogP contribution in [-0.2, 0) is 16.6 Å². The van der Waals surface area contributed by atoms with Gasteiger partial charge in [0.25, 0.3) is 0 Å². The van der Waals surface area contributed by atoms with Gasteiger partial charge in [0.05, 0.1) is 0 Å². The van der Waals surface area contributed by atoms with Crippen molar-refractivity contribution in [2.75, 3.05) is 7.05 Å². The molecule has 2 aromatic rings. The van der Waals surface area contributed by atoms with Gasteiger partial charge in [-0.15, -0.1) is 0 Å². The standard InChI is InChI=1S/C16H16F3NO2S/c1-10-4-5-12(11(2)8-10)9-20(3)23(21,22)14-7-6-13(17)15(18)16(14)19/h4-8H,9H2,1-3H3. The van der Waals surface area contributed by atoms with E-state index in [4.69, 9.17) is 0 Å². The lowest BCUT2D eigenvalue weighted by molar-refractivity contribution is 0.421. The minimum absolute atomic E-state index is 0.00706. The Morgan fingerprint density at radius 2 is 1.65 bits per heavy atom. The summed E-state index contributed by atoms with van der Waals surface area (Å²) in [4.78, 5) is -0.885. The monoisotopic (exact) mass is 343 g/mol. The maximum atomic E-state index is 13.8. The van der Waals surface area contributed by atoms with Crippen molar-refractivity contribution in [1.29, 1.82) is 0 Å². The van der Waals surface area contributed by atoms with Crippen LogP contribution in [0.15, 0.2) is 35.2 Å². The topological polar surface area (TPSA) is 37.4 Å². The van der Waals surface area contributed by atoms with E-state index in [1.54, 1.807) is 6.07 Å². The molecule has 0 bridgehead atoms. The predicted octanol–water partition coefficient (Wildman–Crippen LogP) is 3.54. The first-order valence-corrected chi connectivity index (χ1v) is 8.24. The maximum absolute atomic E-state index is 13.8. The van der Waals surface area contributed by atoms with Gasteiger partial charge in [0.15, 0.2) is 17.5 Å². The number of rotatable bonds is 4. The molecule has 23 heavy (non-hydrogen) atoms. The molecule has 0 atom stereocenters. The molecule has 0 radical (unpaired) electrons. The van der Waals surface area contributed by atoms with Gasteiger partial charge in [0.2, 0.25) is 10.0 Å². The SMILES string of the molecule is Cc1ccc(CN(C)S(=O)(=O)c2ccc(F)c(F)c2F)c(C)c1. The first kappa shape index (κ1) is 17.5. The Hall–Kier alpha value is -1.86. The molecule has 0 saturated heterocycles. The molecule has 124 valence electrons. The molecule has 2 rings (SSSR count). The van der Waals surface area contributed by atoms with Crippen LogP contribution >= 0.6 is 0 Å². The summed E-state index contributed by atoms with van der Waals surface area (Å²) >= 11 is 0. The second-order valence-corrected chi connectivity index (χ2v) is 7.38. The molecule has 0 saturated carbocycles. The van der Waals surface area contributed by atoms with Crippen molar-refractivity contribution in [3.63, 3.8) is 0 Å². The minimum Gasteiger partial charge on any atom is -0.207 e. The first-order valence-electron chi connectivity index (χ1n) is 6.80. The van der Waals surface area contributed by atoms with Crippen molar-refractivity contribution < 1.29 is 21.6 Å². The summed E-state index contributed by atoms with van der Waals surface area (Å²) < 4.78 is 65.7. The lowest BCUT2D eigenvalue weighted by atomic mass is 10.1. The summed E-state index contributed by atoms with van der Waals surface area (Å²) in [7, 11) is -3.02. The van der Waals surface area contributed by atoms with Gasteiger partial charge < -0.3 is 0 Å². The number of benzene rings is 2. The molecule has 0 amide bonds. The highest BCUT2D eigenvalue weighted by molar-refractivity contribution is 7.89. The molecule has 0 aliphatic rings. The fraction of sp³-hybridized carbons (Fsp3) is 0.250. The molecular formula is C16H16F3NO2S. The van der Waals surface area contributed by atoms with Crippen molar-refractivity contribution in [2.45, 2.75) is 25.3 Å². The van der Waals surface area contributed by atoms with Crippen LogP contribution in [0.2, 0.25) is 0 Å². The van der Waals surface area contributed by atoms with E-state index in [1.165, 1.54) is 7.05 Å². The number of aryl methyl sites for hydroxylation is 2. The summed E-state index contributed by atoms with van der Waals surface area (Å²) in [6.45, 7) is 3.74. The Balaban J connectivity index is 2.38. The van der Waals surface area contributed by atoms with Crippen molar-refractivity contribution in [3.05, 3.63) is 64.5 Å². The van der Waals surface area contributed by atoms with Crippen LogP contribution in [0.25, 0.3) is 0 Å². The largest absolute Gasteiger partial charge is 0.246 e. The summed E-state index contributed by atoms with van der Waals surface area (Å²) in [5.41, 5.74) is 2.66. The third-order valence-electron chi connectivity index (χ3n) is 3.58. The number of hydrogen-bond acceptors (Lipinski definition) is 2. The lowest BCUT2D eigenvalue weighted by Crippen LogP contribution is -2.28. The van der Waals surface area contributed by atoms with Gasteiger partial charge in [-0.25, -0.2) is 21.6 Å².